The molecule has 198 valence electrons. The summed E-state index contributed by atoms with van der Waals surface area (Å²) in [6.07, 6.45) is 6.25. The summed E-state index contributed by atoms with van der Waals surface area (Å²) in [6, 6.07) is 20.2. The minimum absolute atomic E-state index is 0.0349. The highest BCUT2D eigenvalue weighted by Crippen LogP contribution is 2.36. The third-order valence-corrected chi connectivity index (χ3v) is 10.7. The Morgan fingerprint density at radius 3 is 2.55 bits per heavy atom. The number of benzene rings is 2. The highest BCUT2D eigenvalue weighted by Gasteiger charge is 2.25. The van der Waals surface area contributed by atoms with Crippen LogP contribution in [0.3, 0.4) is 0 Å². The molecule has 0 amide bonds. The molecule has 0 saturated carbocycles. The summed E-state index contributed by atoms with van der Waals surface area (Å²) in [6.45, 7) is 0.461. The van der Waals surface area contributed by atoms with Crippen molar-refractivity contribution in [3.8, 4) is 11.3 Å². The van der Waals surface area contributed by atoms with Crippen LogP contribution in [0.2, 0.25) is 0 Å². The third-order valence-electron chi connectivity index (χ3n) is 7.37. The fourth-order valence-electron chi connectivity index (χ4n) is 5.46. The first-order chi connectivity index (χ1) is 19.7. The summed E-state index contributed by atoms with van der Waals surface area (Å²) < 4.78 is 6.67. The van der Waals surface area contributed by atoms with Gasteiger partial charge < -0.3 is 0 Å². The molecule has 0 fully saturated rings. The van der Waals surface area contributed by atoms with E-state index in [1.165, 1.54) is 16.9 Å². The summed E-state index contributed by atoms with van der Waals surface area (Å²) in [5, 5.41) is 14.8. The number of nitrogens with zero attached hydrogens (tertiary/aromatic N) is 7. The number of hydrogen-bond acceptors (Lipinski definition) is 8. The van der Waals surface area contributed by atoms with Gasteiger partial charge in [0.1, 0.15) is 10.7 Å². The molecule has 2 aromatic carbocycles. The molecule has 0 radical (unpaired) electrons. The predicted octanol–water partition coefficient (Wildman–Crippen LogP) is 6.10. The minimum Gasteiger partial charge on any atom is -0.272 e. The molecule has 40 heavy (non-hydrogen) atoms. The molecule has 1 aliphatic rings. The van der Waals surface area contributed by atoms with Crippen LogP contribution in [0.5, 0.6) is 0 Å². The molecule has 11 heteroatoms. The van der Waals surface area contributed by atoms with Gasteiger partial charge in [-0.05, 0) is 36.8 Å². The highest BCUT2D eigenvalue weighted by molar-refractivity contribution is 8.00. The molecule has 0 bridgehead atoms. The van der Waals surface area contributed by atoms with Crippen LogP contribution in [0, 0.1) is 0 Å². The second-order valence-electron chi connectivity index (χ2n) is 9.90. The van der Waals surface area contributed by atoms with Crippen molar-refractivity contribution in [3.05, 3.63) is 99.0 Å². The predicted molar refractivity (Wildman–Crippen MR) is 161 cm³/mol. The van der Waals surface area contributed by atoms with Crippen LogP contribution in [0.15, 0.2) is 76.0 Å². The Morgan fingerprint density at radius 1 is 0.925 bits per heavy atom. The molecule has 0 N–H and O–H groups in total. The summed E-state index contributed by atoms with van der Waals surface area (Å²) in [7, 11) is 0. The lowest BCUT2D eigenvalue weighted by Crippen LogP contribution is -2.24. The van der Waals surface area contributed by atoms with Crippen LogP contribution in [-0.4, -0.2) is 33.8 Å². The molecule has 0 spiro atoms. The van der Waals surface area contributed by atoms with Gasteiger partial charge in [0.25, 0.3) is 5.56 Å². The Labute approximate surface area is 241 Å². The number of thiophene rings is 1. The monoisotopic (exact) mass is 581 g/mol. The number of fused-ring (bicyclic) bond motifs is 6. The summed E-state index contributed by atoms with van der Waals surface area (Å²) in [4.78, 5) is 21.9. The highest BCUT2D eigenvalue weighted by atomic mass is 32.2. The second-order valence-corrected chi connectivity index (χ2v) is 13.2. The van der Waals surface area contributed by atoms with Crippen molar-refractivity contribution in [2.24, 2.45) is 0 Å². The molecule has 5 aromatic heterocycles. The Hall–Kier alpha value is -3.80. The van der Waals surface area contributed by atoms with Gasteiger partial charge in [0.05, 0.1) is 29.6 Å². The van der Waals surface area contributed by atoms with Crippen LogP contribution in [0.1, 0.15) is 34.7 Å². The summed E-state index contributed by atoms with van der Waals surface area (Å²) in [5.41, 5.74) is 4.32. The van der Waals surface area contributed by atoms with Gasteiger partial charge in [0.2, 0.25) is 10.7 Å². The maximum Gasteiger partial charge on any atom is 0.264 e. The van der Waals surface area contributed by atoms with Crippen molar-refractivity contribution < 1.29 is 0 Å². The van der Waals surface area contributed by atoms with E-state index < -0.39 is 0 Å². The SMILES string of the molecule is O=c1c2c3c(sc2n2c(CSc4nn5cc(-c6ccccc6)nc5s4)nnc2n1Cc1ccccc1)CCCC3. The van der Waals surface area contributed by atoms with Gasteiger partial charge in [-0.2, -0.15) is 0 Å². The van der Waals surface area contributed by atoms with Crippen LogP contribution in [0.4, 0.5) is 0 Å². The number of rotatable bonds is 6. The zero-order valence-electron chi connectivity index (χ0n) is 21.4. The molecule has 8 nitrogen and oxygen atoms in total. The smallest absolute Gasteiger partial charge is 0.264 e. The third kappa shape index (κ3) is 3.99. The van der Waals surface area contributed by atoms with Gasteiger partial charge in [-0.15, -0.1) is 26.6 Å². The quantitative estimate of drug-likeness (QED) is 0.221. The van der Waals surface area contributed by atoms with Gasteiger partial charge in [0.15, 0.2) is 4.34 Å². The lowest BCUT2D eigenvalue weighted by Gasteiger charge is -2.12. The standard InChI is InChI=1S/C29H23N7OS3/c37-25-24-20-13-7-8-14-22(20)39-26(24)36-23(31-32-27(36)34(25)15-18-9-3-1-4-10-18)17-38-29-33-35-16-21(30-28(35)40-29)19-11-5-2-6-12-19/h1-6,9-12,16H,7-8,13-15,17H2. The van der Waals surface area contributed by atoms with Gasteiger partial charge >= 0.3 is 0 Å². The van der Waals surface area contributed by atoms with E-state index in [1.54, 1.807) is 39.0 Å². The maximum absolute atomic E-state index is 13.9. The topological polar surface area (TPSA) is 82.4 Å². The minimum atomic E-state index is 0.0349. The molecule has 0 unspecified atom stereocenters. The number of aromatic nitrogens is 7. The molecular weight excluding hydrogens is 559 g/mol. The first-order valence-electron chi connectivity index (χ1n) is 13.2. The molecular formula is C29H23N7OS3. The van der Waals surface area contributed by atoms with E-state index in [2.05, 4.69) is 26.7 Å². The lowest BCUT2D eigenvalue weighted by atomic mass is 9.97. The summed E-state index contributed by atoms with van der Waals surface area (Å²) >= 11 is 4.93. The molecule has 1 aliphatic carbocycles. The van der Waals surface area contributed by atoms with Crippen molar-refractivity contribution in [2.45, 2.75) is 42.3 Å². The molecule has 0 atom stereocenters. The maximum atomic E-state index is 13.9. The number of hydrogen-bond donors (Lipinski definition) is 0. The largest absolute Gasteiger partial charge is 0.272 e. The molecule has 0 saturated heterocycles. The average molecular weight is 582 g/mol. The Balaban J connectivity index is 1.18. The van der Waals surface area contributed by atoms with Crippen molar-refractivity contribution in [2.75, 3.05) is 0 Å². The normalized spacial score (nSPS) is 13.5. The lowest BCUT2D eigenvalue weighted by molar-refractivity contribution is 0.698. The van der Waals surface area contributed by atoms with E-state index in [1.807, 2.05) is 59.2 Å². The summed E-state index contributed by atoms with van der Waals surface area (Å²) in [5.74, 6) is 2.00. The number of thioether (sulfide) groups is 1. The average Bonchev–Trinajstić information content (AvgIpc) is 3.76. The first kappa shape index (κ1) is 24.0. The Morgan fingerprint density at radius 2 is 1.73 bits per heavy atom. The fraction of sp³-hybridized carbons (Fsp3) is 0.207. The molecule has 5 heterocycles. The van der Waals surface area contributed by atoms with Crippen LogP contribution >= 0.6 is 34.4 Å². The van der Waals surface area contributed by atoms with Gasteiger partial charge in [-0.3, -0.25) is 13.8 Å². The zero-order chi connectivity index (χ0) is 26.6. The van der Waals surface area contributed by atoms with Crippen molar-refractivity contribution in [3.63, 3.8) is 0 Å². The number of aryl methyl sites for hydroxylation is 2. The van der Waals surface area contributed by atoms with Crippen LogP contribution < -0.4 is 5.56 Å². The van der Waals surface area contributed by atoms with Crippen molar-refractivity contribution in [1.29, 1.82) is 0 Å². The van der Waals surface area contributed by atoms with Gasteiger partial charge in [-0.25, -0.2) is 9.50 Å². The van der Waals surface area contributed by atoms with Crippen molar-refractivity contribution in [1.82, 2.24) is 33.8 Å². The van der Waals surface area contributed by atoms with Crippen molar-refractivity contribution >= 4 is 55.4 Å². The van der Waals surface area contributed by atoms with E-state index in [0.29, 0.717) is 18.1 Å². The zero-order valence-corrected chi connectivity index (χ0v) is 23.8. The van der Waals surface area contributed by atoms with Gasteiger partial charge in [-0.1, -0.05) is 83.8 Å². The van der Waals surface area contributed by atoms with E-state index in [4.69, 9.17) is 10.1 Å². The molecule has 0 aliphatic heterocycles. The second kappa shape index (κ2) is 9.69. The van der Waals surface area contributed by atoms with E-state index in [9.17, 15) is 4.79 Å². The van der Waals surface area contributed by atoms with E-state index in [0.717, 1.165) is 61.4 Å². The van der Waals surface area contributed by atoms with Crippen LogP contribution in [0.25, 0.3) is 32.2 Å². The van der Waals surface area contributed by atoms with E-state index >= 15 is 0 Å². The first-order valence-corrected chi connectivity index (χ1v) is 15.8. The molecule has 8 rings (SSSR count). The molecule has 7 aromatic rings. The van der Waals surface area contributed by atoms with Gasteiger partial charge in [0, 0.05) is 10.4 Å². The Bertz CT molecular complexity index is 2040. The fourth-order valence-corrected chi connectivity index (χ4v) is 8.70. The Kier molecular flexibility index (Phi) is 5.82. The van der Waals surface area contributed by atoms with Crippen LogP contribution in [-0.2, 0) is 25.1 Å². The van der Waals surface area contributed by atoms with E-state index in [-0.39, 0.29) is 5.56 Å². The number of imidazole rings is 1.